The number of aliphatic hydroxyl groups is 1. The van der Waals surface area contributed by atoms with Crippen LogP contribution in [0.1, 0.15) is 26.3 Å². The van der Waals surface area contributed by atoms with E-state index in [1.165, 1.54) is 6.07 Å². The molecule has 0 unspecified atom stereocenters. The predicted octanol–water partition coefficient (Wildman–Crippen LogP) is 0.943. The number of rotatable bonds is 3. The predicted molar refractivity (Wildman–Crippen MR) is 43.1 cm³/mol. The molecule has 1 rings (SSSR count). The van der Waals surface area contributed by atoms with Gasteiger partial charge in [0, 0.05) is 5.56 Å². The summed E-state index contributed by atoms with van der Waals surface area (Å²) in [5.41, 5.74) is 0.0253. The van der Waals surface area contributed by atoms with E-state index < -0.39 is 12.4 Å². The van der Waals surface area contributed by atoms with E-state index in [0.29, 0.717) is 12.6 Å². The number of carbonyl (C=O) groups is 2. The Morgan fingerprint density at radius 3 is 2.46 bits per heavy atom. The second kappa shape index (κ2) is 3.91. The Bertz CT molecular complexity index is 347. The third-order valence-electron chi connectivity index (χ3n) is 1.66. The third kappa shape index (κ3) is 1.78. The molecule has 0 saturated heterocycles. The molecular formula is C9H7FO3. The number of hydrogen-bond acceptors (Lipinski definition) is 3. The standard InChI is InChI=1S/C9H7FO3/c10-9-2-6(3-11)1-7(4-12)8(9)5-13/h1-3,5,12H,4H2. The van der Waals surface area contributed by atoms with E-state index in [4.69, 9.17) is 5.11 Å². The topological polar surface area (TPSA) is 54.4 Å². The summed E-state index contributed by atoms with van der Waals surface area (Å²) in [6, 6.07) is 2.23. The van der Waals surface area contributed by atoms with Crippen molar-refractivity contribution in [1.29, 1.82) is 0 Å². The maximum atomic E-state index is 13.0. The molecule has 4 heteroatoms. The van der Waals surface area contributed by atoms with Gasteiger partial charge in [0.15, 0.2) is 6.29 Å². The summed E-state index contributed by atoms with van der Waals surface area (Å²) in [4.78, 5) is 20.7. The summed E-state index contributed by atoms with van der Waals surface area (Å²) in [5, 5.41) is 8.75. The van der Waals surface area contributed by atoms with Crippen LogP contribution in [0.4, 0.5) is 4.39 Å². The van der Waals surface area contributed by atoms with E-state index >= 15 is 0 Å². The van der Waals surface area contributed by atoms with Crippen molar-refractivity contribution in [2.45, 2.75) is 6.61 Å². The van der Waals surface area contributed by atoms with Crippen molar-refractivity contribution in [1.82, 2.24) is 0 Å². The van der Waals surface area contributed by atoms with Gasteiger partial charge in [-0.1, -0.05) is 0 Å². The lowest BCUT2D eigenvalue weighted by Gasteiger charge is -2.02. The van der Waals surface area contributed by atoms with E-state index in [1.54, 1.807) is 0 Å². The second-order valence-corrected chi connectivity index (χ2v) is 2.47. The molecule has 1 aromatic rings. The molecule has 0 amide bonds. The Balaban J connectivity index is 3.36. The van der Waals surface area contributed by atoms with Gasteiger partial charge in [-0.25, -0.2) is 4.39 Å². The van der Waals surface area contributed by atoms with Crippen LogP contribution < -0.4 is 0 Å². The fraction of sp³-hybridized carbons (Fsp3) is 0.111. The molecule has 0 atom stereocenters. The Kier molecular flexibility index (Phi) is 2.87. The molecule has 0 radical (unpaired) electrons. The Hall–Kier alpha value is -1.55. The summed E-state index contributed by atoms with van der Waals surface area (Å²) in [5.74, 6) is -0.788. The Morgan fingerprint density at radius 1 is 1.31 bits per heavy atom. The van der Waals surface area contributed by atoms with E-state index in [2.05, 4.69) is 0 Å². The van der Waals surface area contributed by atoms with Crippen LogP contribution in [0.3, 0.4) is 0 Å². The quantitative estimate of drug-likeness (QED) is 0.708. The van der Waals surface area contributed by atoms with Gasteiger partial charge >= 0.3 is 0 Å². The fourth-order valence-corrected chi connectivity index (χ4v) is 1.03. The van der Waals surface area contributed by atoms with Crippen molar-refractivity contribution in [3.05, 3.63) is 34.6 Å². The van der Waals surface area contributed by atoms with Gasteiger partial charge in [-0.15, -0.1) is 0 Å². The highest BCUT2D eigenvalue weighted by molar-refractivity contribution is 5.82. The molecule has 68 valence electrons. The third-order valence-corrected chi connectivity index (χ3v) is 1.66. The number of benzene rings is 1. The smallest absolute Gasteiger partial charge is 0.153 e. The summed E-state index contributed by atoms with van der Waals surface area (Å²) in [7, 11) is 0. The van der Waals surface area contributed by atoms with Crippen LogP contribution in [0, 0.1) is 5.82 Å². The van der Waals surface area contributed by atoms with Gasteiger partial charge in [0.2, 0.25) is 0 Å². The average Bonchev–Trinajstić information content (AvgIpc) is 2.16. The SMILES string of the molecule is O=Cc1cc(F)c(C=O)c(CO)c1. The van der Waals surface area contributed by atoms with Crippen molar-refractivity contribution in [3.63, 3.8) is 0 Å². The van der Waals surface area contributed by atoms with Gasteiger partial charge < -0.3 is 5.11 Å². The van der Waals surface area contributed by atoms with Crippen molar-refractivity contribution in [3.8, 4) is 0 Å². The lowest BCUT2D eigenvalue weighted by molar-refractivity contribution is 0.110. The van der Waals surface area contributed by atoms with E-state index in [1.807, 2.05) is 0 Å². The minimum absolute atomic E-state index is 0.104. The lowest BCUT2D eigenvalue weighted by Crippen LogP contribution is -1.99. The molecule has 0 aromatic heterocycles. The molecule has 0 aliphatic rings. The van der Waals surface area contributed by atoms with E-state index in [0.717, 1.165) is 6.07 Å². The van der Waals surface area contributed by atoms with Crippen LogP contribution in [0.2, 0.25) is 0 Å². The van der Waals surface area contributed by atoms with Crippen LogP contribution in [-0.4, -0.2) is 17.7 Å². The molecule has 1 aromatic carbocycles. The Labute approximate surface area is 73.8 Å². The molecule has 13 heavy (non-hydrogen) atoms. The molecule has 0 aliphatic carbocycles. The van der Waals surface area contributed by atoms with Gasteiger partial charge in [-0.05, 0) is 17.7 Å². The minimum atomic E-state index is -0.788. The highest BCUT2D eigenvalue weighted by Crippen LogP contribution is 2.13. The average molecular weight is 182 g/mol. The zero-order chi connectivity index (χ0) is 9.84. The first-order valence-electron chi connectivity index (χ1n) is 3.56. The summed E-state index contributed by atoms with van der Waals surface area (Å²) < 4.78 is 13.0. The lowest BCUT2D eigenvalue weighted by atomic mass is 10.1. The molecule has 0 heterocycles. The molecule has 0 bridgehead atoms. The van der Waals surface area contributed by atoms with Crippen LogP contribution in [0.25, 0.3) is 0 Å². The summed E-state index contributed by atoms with van der Waals surface area (Å²) in [6.07, 6.45) is 0.770. The maximum absolute atomic E-state index is 13.0. The number of carbonyl (C=O) groups excluding carboxylic acids is 2. The number of aldehydes is 2. The molecular weight excluding hydrogens is 175 g/mol. The minimum Gasteiger partial charge on any atom is -0.392 e. The monoisotopic (exact) mass is 182 g/mol. The van der Waals surface area contributed by atoms with Gasteiger partial charge in [-0.2, -0.15) is 0 Å². The van der Waals surface area contributed by atoms with Crippen LogP contribution in [-0.2, 0) is 6.61 Å². The first-order valence-corrected chi connectivity index (χ1v) is 3.56. The van der Waals surface area contributed by atoms with Crippen molar-refractivity contribution >= 4 is 12.6 Å². The molecule has 0 saturated carbocycles. The van der Waals surface area contributed by atoms with Gasteiger partial charge in [0.05, 0.1) is 12.2 Å². The van der Waals surface area contributed by atoms with Crippen molar-refractivity contribution in [2.24, 2.45) is 0 Å². The van der Waals surface area contributed by atoms with Crippen molar-refractivity contribution in [2.75, 3.05) is 0 Å². The van der Waals surface area contributed by atoms with Crippen LogP contribution in [0.15, 0.2) is 12.1 Å². The van der Waals surface area contributed by atoms with E-state index in [-0.39, 0.29) is 16.7 Å². The number of aliphatic hydroxyl groups excluding tert-OH is 1. The fourth-order valence-electron chi connectivity index (χ4n) is 1.03. The Morgan fingerprint density at radius 2 is 2.00 bits per heavy atom. The summed E-state index contributed by atoms with van der Waals surface area (Å²) in [6.45, 7) is -0.466. The highest BCUT2D eigenvalue weighted by atomic mass is 19.1. The molecule has 3 nitrogen and oxygen atoms in total. The molecule has 1 N–H and O–H groups in total. The number of hydrogen-bond donors (Lipinski definition) is 1. The zero-order valence-electron chi connectivity index (χ0n) is 6.66. The van der Waals surface area contributed by atoms with Crippen molar-refractivity contribution < 1.29 is 19.1 Å². The van der Waals surface area contributed by atoms with Crippen LogP contribution in [0.5, 0.6) is 0 Å². The highest BCUT2D eigenvalue weighted by Gasteiger charge is 2.08. The van der Waals surface area contributed by atoms with E-state index in [9.17, 15) is 14.0 Å². The summed E-state index contributed by atoms with van der Waals surface area (Å²) >= 11 is 0. The first kappa shape index (κ1) is 9.54. The van der Waals surface area contributed by atoms with Gasteiger partial charge in [-0.3, -0.25) is 9.59 Å². The molecule has 0 fully saturated rings. The first-order chi connectivity index (χ1) is 6.22. The van der Waals surface area contributed by atoms with Gasteiger partial charge in [0.1, 0.15) is 12.1 Å². The largest absolute Gasteiger partial charge is 0.392 e. The number of halogens is 1. The second-order valence-electron chi connectivity index (χ2n) is 2.47. The molecule has 0 spiro atoms. The molecule has 0 aliphatic heterocycles. The maximum Gasteiger partial charge on any atom is 0.153 e. The zero-order valence-corrected chi connectivity index (χ0v) is 6.66. The normalized spacial score (nSPS) is 9.69. The van der Waals surface area contributed by atoms with Crippen LogP contribution >= 0.6 is 0 Å². The van der Waals surface area contributed by atoms with Gasteiger partial charge in [0.25, 0.3) is 0 Å².